The van der Waals surface area contributed by atoms with Crippen LogP contribution >= 0.6 is 0 Å². The Morgan fingerprint density at radius 1 is 1.19 bits per heavy atom. The average Bonchev–Trinajstić information content (AvgIpc) is 3.13. The van der Waals surface area contributed by atoms with E-state index in [0.717, 1.165) is 48.6 Å². The fraction of sp³-hybridized carbons (Fsp3) is 0.375. The van der Waals surface area contributed by atoms with Gasteiger partial charge in [-0.15, -0.1) is 0 Å². The predicted molar refractivity (Wildman–Crippen MR) is 118 cm³/mol. The molecule has 1 aromatic heterocycles. The van der Waals surface area contributed by atoms with Gasteiger partial charge in [0, 0.05) is 42.2 Å². The van der Waals surface area contributed by atoms with Crippen molar-refractivity contribution >= 4 is 22.6 Å². The van der Waals surface area contributed by atoms with Crippen molar-refractivity contribution in [1.29, 1.82) is 0 Å². The summed E-state index contributed by atoms with van der Waals surface area (Å²) in [5.41, 5.74) is 3.05. The van der Waals surface area contributed by atoms with Gasteiger partial charge in [-0.25, -0.2) is 0 Å². The third-order valence-corrected chi connectivity index (χ3v) is 5.99. The second kappa shape index (κ2) is 8.79. The number of hydrogen-bond donors (Lipinski definition) is 1. The van der Waals surface area contributed by atoms with Crippen LogP contribution in [0.15, 0.2) is 42.6 Å². The van der Waals surface area contributed by atoms with E-state index >= 15 is 0 Å². The minimum atomic E-state index is -0.933. The normalized spacial score (nSPS) is 14.6. The van der Waals surface area contributed by atoms with Gasteiger partial charge in [-0.3, -0.25) is 14.9 Å². The molecule has 0 radical (unpaired) electrons. The maximum absolute atomic E-state index is 12.0. The van der Waals surface area contributed by atoms with Crippen molar-refractivity contribution < 1.29 is 19.6 Å². The summed E-state index contributed by atoms with van der Waals surface area (Å²) in [6.07, 6.45) is 7.10. The van der Waals surface area contributed by atoms with Gasteiger partial charge < -0.3 is 14.4 Å². The Labute approximate surface area is 180 Å². The van der Waals surface area contributed by atoms with E-state index in [0.29, 0.717) is 11.1 Å². The van der Waals surface area contributed by atoms with Crippen molar-refractivity contribution in [3.05, 3.63) is 58.3 Å². The van der Waals surface area contributed by atoms with Gasteiger partial charge in [-0.1, -0.05) is 12.5 Å². The highest BCUT2D eigenvalue weighted by Crippen LogP contribution is 2.42. The highest BCUT2D eigenvalue weighted by atomic mass is 16.6. The number of ether oxygens (including phenoxy) is 1. The van der Waals surface area contributed by atoms with E-state index in [1.165, 1.54) is 6.07 Å². The number of carboxylic acid groups (broad SMARTS) is 1. The molecule has 31 heavy (non-hydrogen) atoms. The van der Waals surface area contributed by atoms with Crippen molar-refractivity contribution in [3.8, 4) is 16.9 Å². The van der Waals surface area contributed by atoms with E-state index in [9.17, 15) is 14.9 Å². The van der Waals surface area contributed by atoms with Crippen LogP contribution in [0.2, 0.25) is 0 Å². The second-order valence-electron chi connectivity index (χ2n) is 8.22. The lowest BCUT2D eigenvalue weighted by Crippen LogP contribution is -2.20. The van der Waals surface area contributed by atoms with E-state index in [2.05, 4.69) is 0 Å². The first-order valence-electron chi connectivity index (χ1n) is 10.7. The van der Waals surface area contributed by atoms with E-state index in [1.54, 1.807) is 0 Å². The molecule has 1 heterocycles. The molecule has 4 rings (SSSR count). The molecule has 0 atom stereocenters. The van der Waals surface area contributed by atoms with Crippen LogP contribution in [0.5, 0.6) is 5.75 Å². The second-order valence-corrected chi connectivity index (χ2v) is 8.22. The summed E-state index contributed by atoms with van der Waals surface area (Å²) in [5, 5.41) is 22.1. The van der Waals surface area contributed by atoms with Crippen molar-refractivity contribution in [2.45, 2.75) is 51.0 Å². The van der Waals surface area contributed by atoms with Gasteiger partial charge in [0.2, 0.25) is 5.75 Å². The van der Waals surface area contributed by atoms with Crippen LogP contribution < -0.4 is 4.74 Å². The zero-order valence-corrected chi connectivity index (χ0v) is 17.5. The van der Waals surface area contributed by atoms with Crippen LogP contribution in [0.25, 0.3) is 22.0 Å². The van der Waals surface area contributed by atoms with E-state index in [-0.39, 0.29) is 30.4 Å². The minimum Gasteiger partial charge on any atom is -0.483 e. The number of carboxylic acids is 1. The highest BCUT2D eigenvalue weighted by Gasteiger charge is 2.26. The number of fused-ring (bicyclic) bond motifs is 1. The molecule has 1 fully saturated rings. The molecule has 1 aliphatic rings. The van der Waals surface area contributed by atoms with Crippen LogP contribution in [-0.4, -0.2) is 26.7 Å². The lowest BCUT2D eigenvalue weighted by atomic mass is 9.95. The third kappa shape index (κ3) is 4.55. The van der Waals surface area contributed by atoms with E-state index in [1.807, 2.05) is 48.1 Å². The van der Waals surface area contributed by atoms with Crippen molar-refractivity contribution in [2.24, 2.45) is 7.05 Å². The topological polar surface area (TPSA) is 94.6 Å². The Balaban J connectivity index is 1.84. The SMILES string of the molecule is Cn1ccc2cc(-c3cc(CCC(=O)O)cc([N+](=O)[O-])c3OC3CCCCC3)ccc21. The van der Waals surface area contributed by atoms with E-state index in [4.69, 9.17) is 9.84 Å². The van der Waals surface area contributed by atoms with Gasteiger partial charge in [-0.05, 0) is 67.5 Å². The Morgan fingerprint density at radius 3 is 2.68 bits per heavy atom. The number of nitro groups is 1. The number of aromatic nitrogens is 1. The monoisotopic (exact) mass is 422 g/mol. The summed E-state index contributed by atoms with van der Waals surface area (Å²) >= 11 is 0. The smallest absolute Gasteiger partial charge is 0.311 e. The maximum Gasteiger partial charge on any atom is 0.311 e. The lowest BCUT2D eigenvalue weighted by molar-refractivity contribution is -0.386. The van der Waals surface area contributed by atoms with Crippen LogP contribution in [0, 0.1) is 10.1 Å². The first kappa shape index (κ1) is 20.9. The standard InChI is InChI=1S/C24H26N2O5/c1-25-12-11-18-15-17(8-9-21(18)25)20-13-16(7-10-23(27)28)14-22(26(29)30)24(20)31-19-5-3-2-4-6-19/h8-9,11-15,19H,2-7,10H2,1H3,(H,27,28). The van der Waals surface area contributed by atoms with Crippen molar-refractivity contribution in [1.82, 2.24) is 4.57 Å². The number of carbonyl (C=O) groups is 1. The number of rotatable bonds is 7. The highest BCUT2D eigenvalue weighted by molar-refractivity contribution is 5.88. The Kier molecular flexibility index (Phi) is 5.93. The fourth-order valence-electron chi connectivity index (χ4n) is 4.34. The molecule has 7 nitrogen and oxygen atoms in total. The summed E-state index contributed by atoms with van der Waals surface area (Å²) in [5.74, 6) is -0.649. The quantitative estimate of drug-likeness (QED) is 0.402. The number of nitro benzene ring substituents is 1. The maximum atomic E-state index is 12.0. The summed E-state index contributed by atoms with van der Waals surface area (Å²) < 4.78 is 8.29. The zero-order valence-electron chi connectivity index (χ0n) is 17.5. The molecule has 3 aromatic rings. The molecule has 0 saturated heterocycles. The van der Waals surface area contributed by atoms with Gasteiger partial charge in [0.05, 0.1) is 11.0 Å². The number of nitrogens with zero attached hydrogens (tertiary/aromatic N) is 2. The summed E-state index contributed by atoms with van der Waals surface area (Å²) in [7, 11) is 1.97. The molecule has 0 amide bonds. The van der Waals surface area contributed by atoms with Crippen molar-refractivity contribution in [3.63, 3.8) is 0 Å². The number of aliphatic carboxylic acids is 1. The molecule has 162 valence electrons. The predicted octanol–water partition coefficient (Wildman–Crippen LogP) is 5.48. The fourth-order valence-corrected chi connectivity index (χ4v) is 4.34. The van der Waals surface area contributed by atoms with Gasteiger partial charge in [0.1, 0.15) is 0 Å². The number of hydrogen-bond acceptors (Lipinski definition) is 4. The third-order valence-electron chi connectivity index (χ3n) is 5.99. The largest absolute Gasteiger partial charge is 0.483 e. The molecule has 1 saturated carbocycles. The molecule has 0 aliphatic heterocycles. The number of benzene rings is 2. The molecule has 1 aliphatic carbocycles. The number of aryl methyl sites for hydroxylation is 2. The molecule has 0 unspecified atom stereocenters. The first-order chi connectivity index (χ1) is 14.9. The summed E-state index contributed by atoms with van der Waals surface area (Å²) in [4.78, 5) is 22.6. The molecule has 7 heteroatoms. The Bertz CT molecular complexity index is 1130. The van der Waals surface area contributed by atoms with Crippen LogP contribution in [-0.2, 0) is 18.3 Å². The molecule has 2 aromatic carbocycles. The van der Waals surface area contributed by atoms with E-state index < -0.39 is 10.9 Å². The van der Waals surface area contributed by atoms with Crippen molar-refractivity contribution in [2.75, 3.05) is 0 Å². The lowest BCUT2D eigenvalue weighted by Gasteiger charge is -2.24. The van der Waals surface area contributed by atoms with Crippen LogP contribution in [0.4, 0.5) is 5.69 Å². The van der Waals surface area contributed by atoms with Gasteiger partial charge in [-0.2, -0.15) is 0 Å². The average molecular weight is 422 g/mol. The molecular formula is C24H26N2O5. The molecular weight excluding hydrogens is 396 g/mol. The Morgan fingerprint density at radius 2 is 1.97 bits per heavy atom. The molecule has 0 bridgehead atoms. The van der Waals surface area contributed by atoms with Crippen LogP contribution in [0.1, 0.15) is 44.1 Å². The summed E-state index contributed by atoms with van der Waals surface area (Å²) in [6.45, 7) is 0. The summed E-state index contributed by atoms with van der Waals surface area (Å²) in [6, 6.07) is 11.2. The zero-order chi connectivity index (χ0) is 22.0. The van der Waals surface area contributed by atoms with Crippen LogP contribution in [0.3, 0.4) is 0 Å². The van der Waals surface area contributed by atoms with Gasteiger partial charge >= 0.3 is 11.7 Å². The Hall–Kier alpha value is -3.35. The van der Waals surface area contributed by atoms with Gasteiger partial charge in [0.15, 0.2) is 0 Å². The first-order valence-corrected chi connectivity index (χ1v) is 10.7. The van der Waals surface area contributed by atoms with Gasteiger partial charge in [0.25, 0.3) is 0 Å². The molecule has 0 spiro atoms. The molecule has 1 N–H and O–H groups in total. The minimum absolute atomic E-state index is 0.0449.